The van der Waals surface area contributed by atoms with Gasteiger partial charge in [0.15, 0.2) is 0 Å². The first-order chi connectivity index (χ1) is 7.66. The van der Waals surface area contributed by atoms with E-state index in [9.17, 15) is 0 Å². The summed E-state index contributed by atoms with van der Waals surface area (Å²) in [4.78, 5) is 7.17. The van der Waals surface area contributed by atoms with E-state index in [0.29, 0.717) is 10.7 Å². The van der Waals surface area contributed by atoms with Gasteiger partial charge in [-0.15, -0.1) is 0 Å². The van der Waals surface area contributed by atoms with Crippen LogP contribution in [0.4, 0.5) is 5.82 Å². The van der Waals surface area contributed by atoms with Gasteiger partial charge in [-0.2, -0.15) is 0 Å². The largest absolute Gasteiger partial charge is 0.388 e. The minimum absolute atomic E-state index is 0.368. The van der Waals surface area contributed by atoms with E-state index in [4.69, 9.17) is 18.0 Å². The highest BCUT2D eigenvalue weighted by molar-refractivity contribution is 7.80. The molecule has 1 aromatic rings. The molecule has 1 aliphatic heterocycles. The lowest BCUT2D eigenvalue weighted by Gasteiger charge is -2.32. The van der Waals surface area contributed by atoms with Crippen LogP contribution < -0.4 is 10.6 Å². The minimum atomic E-state index is 0.368. The first-order valence-corrected chi connectivity index (χ1v) is 6.09. The molecule has 4 heteroatoms. The lowest BCUT2D eigenvalue weighted by Crippen LogP contribution is -2.35. The Balaban J connectivity index is 2.19. The molecule has 1 aromatic heterocycles. The molecule has 0 spiro atoms. The van der Waals surface area contributed by atoms with Crippen molar-refractivity contribution in [3.63, 3.8) is 0 Å². The molecular formula is C12H17N3S. The molecule has 2 heterocycles. The molecule has 3 nitrogen and oxygen atoms in total. The summed E-state index contributed by atoms with van der Waals surface area (Å²) in [6, 6.07) is 5.86. The lowest BCUT2D eigenvalue weighted by atomic mass is 10.0. The standard InChI is InChI=1S/C12H17N3S/c1-9-4-3-7-15(8-9)11-6-2-5-10(14-11)12(13)16/h2,5-6,9H,3-4,7-8H2,1H3,(H2,13,16). The van der Waals surface area contributed by atoms with Crippen molar-refractivity contribution < 1.29 is 0 Å². The Morgan fingerprint density at radius 3 is 3.06 bits per heavy atom. The van der Waals surface area contributed by atoms with Crippen molar-refractivity contribution in [2.45, 2.75) is 19.8 Å². The third-order valence-corrected chi connectivity index (χ3v) is 3.18. The van der Waals surface area contributed by atoms with Gasteiger partial charge in [0.1, 0.15) is 10.8 Å². The summed E-state index contributed by atoms with van der Waals surface area (Å²) >= 11 is 4.94. The Morgan fingerprint density at radius 1 is 1.56 bits per heavy atom. The van der Waals surface area contributed by atoms with Crippen molar-refractivity contribution in [2.24, 2.45) is 11.7 Å². The summed E-state index contributed by atoms with van der Waals surface area (Å²) in [7, 11) is 0. The molecule has 86 valence electrons. The average molecular weight is 235 g/mol. The molecule has 2 rings (SSSR count). The highest BCUT2D eigenvalue weighted by Gasteiger charge is 2.17. The molecule has 0 amide bonds. The van der Waals surface area contributed by atoms with Gasteiger partial charge in [0.25, 0.3) is 0 Å². The zero-order chi connectivity index (χ0) is 11.5. The molecule has 2 N–H and O–H groups in total. The second kappa shape index (κ2) is 4.78. The molecule has 1 fully saturated rings. The maximum absolute atomic E-state index is 5.59. The van der Waals surface area contributed by atoms with Crippen LogP contribution in [0.1, 0.15) is 25.5 Å². The molecule has 1 aliphatic rings. The number of pyridine rings is 1. The SMILES string of the molecule is CC1CCCN(c2cccc(C(N)=S)n2)C1. The van der Waals surface area contributed by atoms with E-state index < -0.39 is 0 Å². The second-order valence-corrected chi connectivity index (χ2v) is 4.88. The summed E-state index contributed by atoms with van der Waals surface area (Å²) in [5, 5.41) is 0. The van der Waals surface area contributed by atoms with Crippen LogP contribution in [0.2, 0.25) is 0 Å². The summed E-state index contributed by atoms with van der Waals surface area (Å²) in [5.41, 5.74) is 6.30. The van der Waals surface area contributed by atoms with Gasteiger partial charge in [-0.1, -0.05) is 25.2 Å². The quantitative estimate of drug-likeness (QED) is 0.796. The smallest absolute Gasteiger partial charge is 0.129 e. The van der Waals surface area contributed by atoms with Crippen LogP contribution in [0, 0.1) is 5.92 Å². The molecular weight excluding hydrogens is 218 g/mol. The van der Waals surface area contributed by atoms with Crippen LogP contribution in [0.15, 0.2) is 18.2 Å². The van der Waals surface area contributed by atoms with E-state index in [0.717, 1.165) is 24.8 Å². The average Bonchev–Trinajstić information content (AvgIpc) is 2.29. The van der Waals surface area contributed by atoms with Crippen molar-refractivity contribution in [1.29, 1.82) is 0 Å². The number of rotatable bonds is 2. The predicted molar refractivity (Wildman–Crippen MR) is 70.7 cm³/mol. The van der Waals surface area contributed by atoms with Gasteiger partial charge >= 0.3 is 0 Å². The number of nitrogens with zero attached hydrogens (tertiary/aromatic N) is 2. The van der Waals surface area contributed by atoms with Crippen molar-refractivity contribution in [2.75, 3.05) is 18.0 Å². The van der Waals surface area contributed by atoms with E-state index in [2.05, 4.69) is 16.8 Å². The number of anilines is 1. The van der Waals surface area contributed by atoms with E-state index >= 15 is 0 Å². The fraction of sp³-hybridized carbons (Fsp3) is 0.500. The maximum atomic E-state index is 5.59. The van der Waals surface area contributed by atoms with Crippen LogP contribution in [0.5, 0.6) is 0 Å². The molecule has 16 heavy (non-hydrogen) atoms. The van der Waals surface area contributed by atoms with Gasteiger partial charge in [-0.05, 0) is 30.9 Å². The Morgan fingerprint density at radius 2 is 2.38 bits per heavy atom. The molecule has 1 unspecified atom stereocenters. The van der Waals surface area contributed by atoms with E-state index in [1.165, 1.54) is 12.8 Å². The number of piperidine rings is 1. The van der Waals surface area contributed by atoms with Crippen molar-refractivity contribution in [3.8, 4) is 0 Å². The Labute approximate surface area is 102 Å². The van der Waals surface area contributed by atoms with Crippen molar-refractivity contribution in [3.05, 3.63) is 23.9 Å². The van der Waals surface area contributed by atoms with Crippen LogP contribution in [0.25, 0.3) is 0 Å². The topological polar surface area (TPSA) is 42.1 Å². The third kappa shape index (κ3) is 2.50. The summed E-state index contributed by atoms with van der Waals surface area (Å²) in [6.45, 7) is 4.44. The molecule has 0 aromatic carbocycles. The zero-order valence-corrected chi connectivity index (χ0v) is 10.3. The maximum Gasteiger partial charge on any atom is 0.129 e. The molecule has 0 aliphatic carbocycles. The van der Waals surface area contributed by atoms with Crippen molar-refractivity contribution in [1.82, 2.24) is 4.98 Å². The van der Waals surface area contributed by atoms with Gasteiger partial charge in [0, 0.05) is 13.1 Å². The fourth-order valence-corrected chi connectivity index (χ4v) is 2.25. The van der Waals surface area contributed by atoms with Gasteiger partial charge in [0.05, 0.1) is 5.69 Å². The Kier molecular flexibility index (Phi) is 3.39. The Hall–Kier alpha value is -1.16. The van der Waals surface area contributed by atoms with Crippen LogP contribution >= 0.6 is 12.2 Å². The van der Waals surface area contributed by atoms with E-state index in [-0.39, 0.29) is 0 Å². The van der Waals surface area contributed by atoms with E-state index in [1.54, 1.807) is 0 Å². The van der Waals surface area contributed by atoms with Crippen molar-refractivity contribution >= 4 is 23.0 Å². The monoisotopic (exact) mass is 235 g/mol. The van der Waals surface area contributed by atoms with Gasteiger partial charge in [-0.25, -0.2) is 4.98 Å². The number of thiocarbonyl (C=S) groups is 1. The molecule has 1 saturated heterocycles. The first-order valence-electron chi connectivity index (χ1n) is 5.68. The van der Waals surface area contributed by atoms with Crippen LogP contribution in [0.3, 0.4) is 0 Å². The summed E-state index contributed by atoms with van der Waals surface area (Å²) in [6.07, 6.45) is 2.55. The predicted octanol–water partition coefficient (Wildman–Crippen LogP) is 1.95. The fourth-order valence-electron chi connectivity index (χ4n) is 2.13. The van der Waals surface area contributed by atoms with Gasteiger partial charge in [0.2, 0.25) is 0 Å². The molecule has 1 atom stereocenters. The van der Waals surface area contributed by atoms with Gasteiger partial charge < -0.3 is 10.6 Å². The number of nitrogens with two attached hydrogens (primary N) is 1. The highest BCUT2D eigenvalue weighted by atomic mass is 32.1. The lowest BCUT2D eigenvalue weighted by molar-refractivity contribution is 0.444. The summed E-state index contributed by atoms with van der Waals surface area (Å²) < 4.78 is 0. The number of aromatic nitrogens is 1. The van der Waals surface area contributed by atoms with Crippen LogP contribution in [-0.4, -0.2) is 23.1 Å². The number of hydrogen-bond donors (Lipinski definition) is 1. The second-order valence-electron chi connectivity index (χ2n) is 4.44. The normalized spacial score (nSPS) is 20.8. The minimum Gasteiger partial charge on any atom is -0.388 e. The van der Waals surface area contributed by atoms with Crippen LogP contribution in [-0.2, 0) is 0 Å². The van der Waals surface area contributed by atoms with Gasteiger partial charge in [-0.3, -0.25) is 0 Å². The molecule has 0 radical (unpaired) electrons. The third-order valence-electron chi connectivity index (χ3n) is 2.97. The zero-order valence-electron chi connectivity index (χ0n) is 9.52. The number of hydrogen-bond acceptors (Lipinski definition) is 3. The molecule has 0 saturated carbocycles. The summed E-state index contributed by atoms with van der Waals surface area (Å²) in [5.74, 6) is 1.74. The first kappa shape index (κ1) is 11.3. The Bertz CT molecular complexity index is 392. The molecule has 0 bridgehead atoms. The van der Waals surface area contributed by atoms with E-state index in [1.807, 2.05) is 18.2 Å². The highest BCUT2D eigenvalue weighted by Crippen LogP contribution is 2.21.